The second-order valence-corrected chi connectivity index (χ2v) is 8.65. The summed E-state index contributed by atoms with van der Waals surface area (Å²) in [4.78, 5) is 14.3. The molecule has 1 aliphatic heterocycles. The zero-order chi connectivity index (χ0) is 18.7. The lowest BCUT2D eigenvalue weighted by Crippen LogP contribution is -2.34. The van der Waals surface area contributed by atoms with E-state index in [1.54, 1.807) is 0 Å². The van der Waals surface area contributed by atoms with E-state index < -0.39 is 10.0 Å². The van der Waals surface area contributed by atoms with E-state index in [1.807, 2.05) is 24.3 Å². The van der Waals surface area contributed by atoms with Crippen LogP contribution in [0.25, 0.3) is 0 Å². The second-order valence-electron chi connectivity index (χ2n) is 6.56. The highest BCUT2D eigenvalue weighted by atomic mass is 32.2. The first-order valence-electron chi connectivity index (χ1n) is 8.46. The van der Waals surface area contributed by atoms with E-state index in [4.69, 9.17) is 0 Å². The Balaban J connectivity index is 1.58. The number of fused-ring (bicyclic) bond motifs is 1. The van der Waals surface area contributed by atoms with Gasteiger partial charge < -0.3 is 10.2 Å². The number of nitrogens with zero attached hydrogens (tertiary/aromatic N) is 2. The number of sulfonamides is 1. The van der Waals surface area contributed by atoms with Crippen LogP contribution in [0.4, 0.5) is 11.4 Å². The Morgan fingerprint density at radius 3 is 2.54 bits per heavy atom. The van der Waals surface area contributed by atoms with Crippen molar-refractivity contribution in [2.45, 2.75) is 13.0 Å². The van der Waals surface area contributed by atoms with Crippen molar-refractivity contribution >= 4 is 27.3 Å². The Hall–Kier alpha value is -2.38. The molecule has 0 aromatic heterocycles. The van der Waals surface area contributed by atoms with Crippen LogP contribution in [0.15, 0.2) is 48.5 Å². The third-order valence-corrected chi connectivity index (χ3v) is 5.79. The van der Waals surface area contributed by atoms with Gasteiger partial charge in [-0.1, -0.05) is 30.3 Å². The van der Waals surface area contributed by atoms with Gasteiger partial charge in [0, 0.05) is 31.5 Å². The Morgan fingerprint density at radius 1 is 1.15 bits per heavy atom. The summed E-state index contributed by atoms with van der Waals surface area (Å²) in [5.41, 5.74) is 4.48. The SMILES string of the molecule is CN(CC(=O)Nc1ccc(CN2CCc3ccccc32)cc1)S(C)(=O)=O. The number of para-hydroxylation sites is 1. The van der Waals surface area contributed by atoms with E-state index in [-0.39, 0.29) is 12.5 Å². The normalized spacial score (nSPS) is 13.7. The van der Waals surface area contributed by atoms with Crippen molar-refractivity contribution in [3.63, 3.8) is 0 Å². The predicted octanol–water partition coefficient (Wildman–Crippen LogP) is 2.08. The predicted molar refractivity (Wildman–Crippen MR) is 104 cm³/mol. The first kappa shape index (κ1) is 18.4. The molecule has 0 spiro atoms. The summed E-state index contributed by atoms with van der Waals surface area (Å²) in [5, 5.41) is 2.72. The maximum atomic E-state index is 11.9. The van der Waals surface area contributed by atoms with Gasteiger partial charge in [0.05, 0.1) is 12.8 Å². The molecule has 0 saturated carbocycles. The zero-order valence-corrected chi connectivity index (χ0v) is 15.8. The van der Waals surface area contributed by atoms with Crippen LogP contribution in [-0.2, 0) is 27.8 Å². The minimum Gasteiger partial charge on any atom is -0.367 e. The quantitative estimate of drug-likeness (QED) is 0.842. The summed E-state index contributed by atoms with van der Waals surface area (Å²) in [6, 6.07) is 16.1. The maximum Gasteiger partial charge on any atom is 0.239 e. The summed E-state index contributed by atoms with van der Waals surface area (Å²) in [6.07, 6.45) is 2.14. The molecule has 2 aromatic rings. The summed E-state index contributed by atoms with van der Waals surface area (Å²) in [5.74, 6) is -0.362. The van der Waals surface area contributed by atoms with E-state index in [0.717, 1.165) is 35.6 Å². The fraction of sp³-hybridized carbons (Fsp3) is 0.316. The van der Waals surface area contributed by atoms with Gasteiger partial charge in [0.1, 0.15) is 0 Å². The number of likely N-dealkylation sites (N-methyl/N-ethyl adjacent to an activating group) is 1. The molecule has 0 saturated heterocycles. The average molecular weight is 373 g/mol. The molecule has 0 radical (unpaired) electrons. The molecular weight excluding hydrogens is 350 g/mol. The van der Waals surface area contributed by atoms with Gasteiger partial charge in [-0.3, -0.25) is 4.79 Å². The second kappa shape index (κ2) is 7.47. The first-order valence-corrected chi connectivity index (χ1v) is 10.3. The van der Waals surface area contributed by atoms with Crippen LogP contribution in [-0.4, -0.2) is 45.0 Å². The fourth-order valence-electron chi connectivity index (χ4n) is 3.00. The van der Waals surface area contributed by atoms with Crippen molar-refractivity contribution in [3.8, 4) is 0 Å². The van der Waals surface area contributed by atoms with Gasteiger partial charge in [0.25, 0.3) is 0 Å². The van der Waals surface area contributed by atoms with E-state index >= 15 is 0 Å². The van der Waals surface area contributed by atoms with E-state index in [9.17, 15) is 13.2 Å². The average Bonchev–Trinajstić information content (AvgIpc) is 2.99. The number of hydrogen-bond acceptors (Lipinski definition) is 4. The molecule has 1 amide bonds. The number of hydrogen-bond donors (Lipinski definition) is 1. The fourth-order valence-corrected chi connectivity index (χ4v) is 3.36. The molecular formula is C19H23N3O3S. The minimum absolute atomic E-state index is 0.203. The van der Waals surface area contributed by atoms with E-state index in [1.165, 1.54) is 18.3 Å². The highest BCUT2D eigenvalue weighted by Gasteiger charge is 2.18. The maximum absolute atomic E-state index is 11.9. The highest BCUT2D eigenvalue weighted by Crippen LogP contribution is 2.28. The van der Waals surface area contributed by atoms with Gasteiger partial charge in [0.15, 0.2) is 0 Å². The third-order valence-electron chi connectivity index (χ3n) is 4.53. The molecule has 0 bridgehead atoms. The van der Waals surface area contributed by atoms with Crippen molar-refractivity contribution in [3.05, 3.63) is 59.7 Å². The number of benzene rings is 2. The molecule has 0 atom stereocenters. The number of carbonyl (C=O) groups is 1. The Kier molecular flexibility index (Phi) is 5.29. The lowest BCUT2D eigenvalue weighted by molar-refractivity contribution is -0.116. The van der Waals surface area contributed by atoms with Crippen molar-refractivity contribution in [2.24, 2.45) is 0 Å². The lowest BCUT2D eigenvalue weighted by Gasteiger charge is -2.19. The van der Waals surface area contributed by atoms with Crippen molar-refractivity contribution in [2.75, 3.05) is 36.6 Å². The number of carbonyl (C=O) groups excluding carboxylic acids is 1. The van der Waals surface area contributed by atoms with Gasteiger partial charge in [-0.05, 0) is 35.7 Å². The molecule has 2 aromatic carbocycles. The topological polar surface area (TPSA) is 69.7 Å². The molecule has 0 aliphatic carbocycles. The summed E-state index contributed by atoms with van der Waals surface area (Å²) < 4.78 is 23.7. The molecule has 1 heterocycles. The standard InChI is InChI=1S/C19H23N3O3S/c1-21(26(2,24)25)14-19(23)20-17-9-7-15(8-10-17)13-22-12-11-16-5-3-4-6-18(16)22/h3-10H,11-14H2,1-2H3,(H,20,23). The zero-order valence-electron chi connectivity index (χ0n) is 15.0. The molecule has 7 heteroatoms. The third kappa shape index (κ3) is 4.42. The first-order chi connectivity index (χ1) is 12.3. The Labute approximate surface area is 154 Å². The Morgan fingerprint density at radius 2 is 1.85 bits per heavy atom. The molecule has 1 N–H and O–H groups in total. The number of nitrogens with one attached hydrogen (secondary N) is 1. The van der Waals surface area contributed by atoms with Crippen LogP contribution in [0.5, 0.6) is 0 Å². The van der Waals surface area contributed by atoms with Crippen LogP contribution in [0.1, 0.15) is 11.1 Å². The number of rotatable bonds is 6. The van der Waals surface area contributed by atoms with Crippen molar-refractivity contribution in [1.82, 2.24) is 4.31 Å². The van der Waals surface area contributed by atoms with Crippen LogP contribution in [0.2, 0.25) is 0 Å². The molecule has 0 fully saturated rings. The molecule has 3 rings (SSSR count). The van der Waals surface area contributed by atoms with Gasteiger partial charge in [-0.25, -0.2) is 8.42 Å². The van der Waals surface area contributed by atoms with Crippen molar-refractivity contribution < 1.29 is 13.2 Å². The van der Waals surface area contributed by atoms with Crippen LogP contribution in [0.3, 0.4) is 0 Å². The molecule has 26 heavy (non-hydrogen) atoms. The van der Waals surface area contributed by atoms with Crippen LogP contribution in [0, 0.1) is 0 Å². The van der Waals surface area contributed by atoms with E-state index in [0.29, 0.717) is 5.69 Å². The molecule has 0 unspecified atom stereocenters. The summed E-state index contributed by atoms with van der Waals surface area (Å²) >= 11 is 0. The molecule has 138 valence electrons. The Bertz CT molecular complexity index is 895. The van der Waals surface area contributed by atoms with Gasteiger partial charge in [-0.2, -0.15) is 4.31 Å². The van der Waals surface area contributed by atoms with Crippen LogP contribution < -0.4 is 10.2 Å². The van der Waals surface area contributed by atoms with E-state index in [2.05, 4.69) is 34.5 Å². The largest absolute Gasteiger partial charge is 0.367 e. The van der Waals surface area contributed by atoms with Crippen LogP contribution >= 0.6 is 0 Å². The van der Waals surface area contributed by atoms with Gasteiger partial charge in [0.2, 0.25) is 15.9 Å². The molecule has 1 aliphatic rings. The lowest BCUT2D eigenvalue weighted by atomic mass is 10.1. The van der Waals surface area contributed by atoms with Gasteiger partial charge in [-0.15, -0.1) is 0 Å². The minimum atomic E-state index is -3.37. The summed E-state index contributed by atoms with van der Waals surface area (Å²) in [6.45, 7) is 1.63. The number of amides is 1. The highest BCUT2D eigenvalue weighted by molar-refractivity contribution is 7.88. The van der Waals surface area contributed by atoms with Crippen molar-refractivity contribution in [1.29, 1.82) is 0 Å². The monoisotopic (exact) mass is 373 g/mol. The molecule has 6 nitrogen and oxygen atoms in total. The number of anilines is 2. The van der Waals surface area contributed by atoms with Gasteiger partial charge >= 0.3 is 0 Å². The smallest absolute Gasteiger partial charge is 0.239 e. The summed E-state index contributed by atoms with van der Waals surface area (Å²) in [7, 11) is -1.99.